The van der Waals surface area contributed by atoms with Crippen LogP contribution in [0.3, 0.4) is 0 Å². The first-order chi connectivity index (χ1) is 7.37. The highest BCUT2D eigenvalue weighted by molar-refractivity contribution is 7.11. The molecule has 0 aliphatic carbocycles. The highest BCUT2D eigenvalue weighted by Crippen LogP contribution is 2.23. The van der Waals surface area contributed by atoms with Crippen molar-refractivity contribution >= 4 is 11.3 Å². The van der Waals surface area contributed by atoms with Crippen molar-refractivity contribution in [3.05, 3.63) is 16.1 Å². The van der Waals surface area contributed by atoms with E-state index in [0.717, 1.165) is 19.5 Å². The summed E-state index contributed by atoms with van der Waals surface area (Å²) >= 11 is 1.84. The third-order valence-corrected chi connectivity index (χ3v) is 3.13. The van der Waals surface area contributed by atoms with Crippen molar-refractivity contribution in [2.24, 2.45) is 11.3 Å². The van der Waals surface area contributed by atoms with Crippen LogP contribution in [0.15, 0.2) is 6.20 Å². The van der Waals surface area contributed by atoms with Gasteiger partial charge in [-0.15, -0.1) is 11.3 Å². The summed E-state index contributed by atoms with van der Waals surface area (Å²) in [5.41, 5.74) is 0.334. The Morgan fingerprint density at radius 1 is 1.38 bits per heavy atom. The molecule has 0 aliphatic heterocycles. The first kappa shape index (κ1) is 13.7. The van der Waals surface area contributed by atoms with E-state index in [1.807, 2.05) is 17.5 Å². The molecule has 3 heteroatoms. The Morgan fingerprint density at radius 3 is 2.62 bits per heavy atom. The Labute approximate surface area is 103 Å². The number of thiazole rings is 1. The standard InChI is InChI=1S/C13H24N2S/c1-10(2)7-14-8-11-9-15-12(16-11)6-13(3,4)5/h9-10,14H,6-8H2,1-5H3. The van der Waals surface area contributed by atoms with Gasteiger partial charge < -0.3 is 5.32 Å². The first-order valence-corrected chi connectivity index (χ1v) is 6.83. The quantitative estimate of drug-likeness (QED) is 0.852. The van der Waals surface area contributed by atoms with Crippen molar-refractivity contribution in [3.8, 4) is 0 Å². The number of aromatic nitrogens is 1. The molecule has 1 aromatic rings. The van der Waals surface area contributed by atoms with Crippen molar-refractivity contribution in [3.63, 3.8) is 0 Å². The lowest BCUT2D eigenvalue weighted by atomic mass is 9.93. The van der Waals surface area contributed by atoms with Crippen LogP contribution in [0.5, 0.6) is 0 Å². The maximum absolute atomic E-state index is 4.48. The monoisotopic (exact) mass is 240 g/mol. The molecule has 0 saturated carbocycles. The van der Waals surface area contributed by atoms with Crippen LogP contribution in [0.4, 0.5) is 0 Å². The lowest BCUT2D eigenvalue weighted by molar-refractivity contribution is 0.410. The van der Waals surface area contributed by atoms with Crippen molar-refractivity contribution in [2.75, 3.05) is 6.54 Å². The largest absolute Gasteiger partial charge is 0.312 e. The average Bonchev–Trinajstić information content (AvgIpc) is 2.48. The van der Waals surface area contributed by atoms with Gasteiger partial charge in [0.2, 0.25) is 0 Å². The third kappa shape index (κ3) is 5.61. The maximum atomic E-state index is 4.48. The van der Waals surface area contributed by atoms with E-state index in [9.17, 15) is 0 Å². The van der Waals surface area contributed by atoms with Gasteiger partial charge in [0.25, 0.3) is 0 Å². The Morgan fingerprint density at radius 2 is 2.06 bits per heavy atom. The molecule has 0 fully saturated rings. The summed E-state index contributed by atoms with van der Waals surface area (Å²) in [6, 6.07) is 0. The molecule has 1 heterocycles. The average molecular weight is 240 g/mol. The van der Waals surface area contributed by atoms with Crippen LogP contribution in [0.1, 0.15) is 44.5 Å². The smallest absolute Gasteiger partial charge is 0.0933 e. The minimum Gasteiger partial charge on any atom is -0.312 e. The Balaban J connectivity index is 2.40. The molecule has 1 rings (SSSR count). The number of hydrogen-bond donors (Lipinski definition) is 1. The minimum atomic E-state index is 0.334. The molecule has 0 spiro atoms. The van der Waals surface area contributed by atoms with E-state index >= 15 is 0 Å². The second kappa shape index (κ2) is 5.78. The first-order valence-electron chi connectivity index (χ1n) is 6.01. The van der Waals surface area contributed by atoms with Gasteiger partial charge in [-0.2, -0.15) is 0 Å². The molecule has 0 aromatic carbocycles. The van der Waals surface area contributed by atoms with Crippen LogP contribution in [0.2, 0.25) is 0 Å². The van der Waals surface area contributed by atoms with Gasteiger partial charge in [-0.1, -0.05) is 34.6 Å². The van der Waals surface area contributed by atoms with Crippen LogP contribution < -0.4 is 5.32 Å². The van der Waals surface area contributed by atoms with Crippen LogP contribution in [-0.2, 0) is 13.0 Å². The Kier molecular flexibility index (Phi) is 4.93. The lowest BCUT2D eigenvalue weighted by Gasteiger charge is -2.15. The van der Waals surface area contributed by atoms with Crippen molar-refractivity contribution < 1.29 is 0 Å². The molecule has 1 N–H and O–H groups in total. The van der Waals surface area contributed by atoms with Crippen molar-refractivity contribution in [1.82, 2.24) is 10.3 Å². The van der Waals surface area contributed by atoms with E-state index in [0.29, 0.717) is 11.3 Å². The number of rotatable bonds is 5. The summed E-state index contributed by atoms with van der Waals surface area (Å²) in [5, 5.41) is 4.71. The van der Waals surface area contributed by atoms with Gasteiger partial charge in [0, 0.05) is 24.0 Å². The topological polar surface area (TPSA) is 24.9 Å². The fourth-order valence-corrected chi connectivity index (χ4v) is 2.64. The second-order valence-corrected chi connectivity index (χ2v) is 7.18. The summed E-state index contributed by atoms with van der Waals surface area (Å²) < 4.78 is 0. The molecule has 0 bridgehead atoms. The van der Waals surface area contributed by atoms with Gasteiger partial charge in [-0.05, 0) is 17.9 Å². The summed E-state index contributed by atoms with van der Waals surface area (Å²) in [6.45, 7) is 13.3. The zero-order valence-electron chi connectivity index (χ0n) is 11.1. The molecule has 0 atom stereocenters. The molecule has 92 valence electrons. The van der Waals surface area contributed by atoms with E-state index in [1.165, 1.54) is 9.88 Å². The number of hydrogen-bond acceptors (Lipinski definition) is 3. The van der Waals surface area contributed by atoms with Gasteiger partial charge >= 0.3 is 0 Å². The van der Waals surface area contributed by atoms with Gasteiger partial charge in [0.15, 0.2) is 0 Å². The van der Waals surface area contributed by atoms with Crippen molar-refractivity contribution in [1.29, 1.82) is 0 Å². The van der Waals surface area contributed by atoms with E-state index in [1.54, 1.807) is 0 Å². The predicted octanol–water partition coefficient (Wildman–Crippen LogP) is 3.48. The Hall–Kier alpha value is -0.410. The molecule has 0 amide bonds. The molecule has 0 radical (unpaired) electrons. The zero-order valence-corrected chi connectivity index (χ0v) is 11.9. The third-order valence-electron chi connectivity index (χ3n) is 2.13. The fraction of sp³-hybridized carbons (Fsp3) is 0.769. The van der Waals surface area contributed by atoms with E-state index in [4.69, 9.17) is 0 Å². The molecule has 0 unspecified atom stereocenters. The maximum Gasteiger partial charge on any atom is 0.0933 e. The molecule has 2 nitrogen and oxygen atoms in total. The predicted molar refractivity (Wildman–Crippen MR) is 71.8 cm³/mol. The van der Waals surface area contributed by atoms with Gasteiger partial charge in [0.1, 0.15) is 0 Å². The van der Waals surface area contributed by atoms with Gasteiger partial charge in [-0.25, -0.2) is 4.98 Å². The minimum absolute atomic E-state index is 0.334. The SMILES string of the molecule is CC(C)CNCc1cnc(CC(C)(C)C)s1. The lowest BCUT2D eigenvalue weighted by Crippen LogP contribution is -2.18. The van der Waals surface area contributed by atoms with Crippen LogP contribution in [-0.4, -0.2) is 11.5 Å². The summed E-state index contributed by atoms with van der Waals surface area (Å²) in [7, 11) is 0. The van der Waals surface area contributed by atoms with Crippen LogP contribution >= 0.6 is 11.3 Å². The van der Waals surface area contributed by atoms with Gasteiger partial charge in [-0.3, -0.25) is 0 Å². The molecule has 0 aliphatic rings. The zero-order chi connectivity index (χ0) is 12.2. The molecule has 16 heavy (non-hydrogen) atoms. The second-order valence-electron chi connectivity index (χ2n) is 5.98. The molecular weight excluding hydrogens is 216 g/mol. The van der Waals surface area contributed by atoms with E-state index < -0.39 is 0 Å². The van der Waals surface area contributed by atoms with E-state index in [-0.39, 0.29) is 0 Å². The normalized spacial score (nSPS) is 12.4. The molecular formula is C13H24N2S. The number of nitrogens with zero attached hydrogens (tertiary/aromatic N) is 1. The number of nitrogens with one attached hydrogen (secondary N) is 1. The van der Waals surface area contributed by atoms with Crippen molar-refractivity contribution in [2.45, 2.75) is 47.6 Å². The van der Waals surface area contributed by atoms with Gasteiger partial charge in [0.05, 0.1) is 5.01 Å². The summed E-state index contributed by atoms with van der Waals surface area (Å²) in [5.74, 6) is 0.710. The van der Waals surface area contributed by atoms with Crippen LogP contribution in [0.25, 0.3) is 0 Å². The van der Waals surface area contributed by atoms with Crippen LogP contribution in [0, 0.1) is 11.3 Å². The highest BCUT2D eigenvalue weighted by atomic mass is 32.1. The molecule has 1 aromatic heterocycles. The summed E-state index contributed by atoms with van der Waals surface area (Å²) in [6.07, 6.45) is 3.08. The highest BCUT2D eigenvalue weighted by Gasteiger charge is 2.13. The molecule has 0 saturated heterocycles. The fourth-order valence-electron chi connectivity index (χ4n) is 1.45. The summed E-state index contributed by atoms with van der Waals surface area (Å²) in [4.78, 5) is 5.82. The Bertz CT molecular complexity index is 310. The van der Waals surface area contributed by atoms with E-state index in [2.05, 4.69) is 44.9 Å².